The monoisotopic (exact) mass is 422 g/mol. The van der Waals surface area contributed by atoms with Crippen LogP contribution in [-0.2, 0) is 6.42 Å². The Morgan fingerprint density at radius 1 is 1.03 bits per heavy atom. The zero-order valence-corrected chi connectivity index (χ0v) is 21.4. The number of fused-ring (bicyclic) bond motifs is 3. The van der Waals surface area contributed by atoms with Gasteiger partial charge in [-0.05, 0) is 110 Å². The first-order chi connectivity index (χ1) is 14.8. The van der Waals surface area contributed by atoms with Gasteiger partial charge in [-0.25, -0.2) is 0 Å². The SMILES string of the molecule is C=C(C)C1=C(C)C[C@@]2(C)C[C@@]3(C)Cc4c(C#CC)ccc(C)c4C(=C)C3=C(C)[C@@]2(C)C1=C. The lowest BCUT2D eigenvalue weighted by molar-refractivity contribution is 0.0544. The summed E-state index contributed by atoms with van der Waals surface area (Å²) in [5.74, 6) is 6.50. The Hall–Kier alpha value is -2.52. The third-order valence-corrected chi connectivity index (χ3v) is 9.08. The Kier molecular flexibility index (Phi) is 4.95. The second-order valence-electron chi connectivity index (χ2n) is 11.3. The van der Waals surface area contributed by atoms with Gasteiger partial charge in [0.15, 0.2) is 0 Å². The van der Waals surface area contributed by atoms with Gasteiger partial charge in [0.25, 0.3) is 0 Å². The zero-order valence-electron chi connectivity index (χ0n) is 21.4. The van der Waals surface area contributed by atoms with Crippen molar-refractivity contribution in [1.29, 1.82) is 0 Å². The highest BCUT2D eigenvalue weighted by Crippen LogP contribution is 2.70. The third-order valence-electron chi connectivity index (χ3n) is 9.08. The van der Waals surface area contributed by atoms with Crippen molar-refractivity contribution in [2.45, 2.75) is 74.7 Å². The van der Waals surface area contributed by atoms with Crippen LogP contribution in [0, 0.1) is 35.0 Å². The molecule has 0 radical (unpaired) electrons. The average Bonchev–Trinajstić information content (AvgIpc) is 2.66. The molecule has 0 nitrogen and oxygen atoms in total. The molecular formula is C32H38. The summed E-state index contributed by atoms with van der Waals surface area (Å²) >= 11 is 0. The minimum absolute atomic E-state index is 0.0433. The Labute approximate surface area is 195 Å². The summed E-state index contributed by atoms with van der Waals surface area (Å²) in [6.45, 7) is 32.0. The second-order valence-corrected chi connectivity index (χ2v) is 11.3. The molecule has 0 N–H and O–H groups in total. The zero-order chi connectivity index (χ0) is 23.8. The number of rotatable bonds is 1. The van der Waals surface area contributed by atoms with E-state index in [1.54, 1.807) is 0 Å². The molecule has 0 saturated carbocycles. The van der Waals surface area contributed by atoms with Crippen molar-refractivity contribution in [1.82, 2.24) is 0 Å². The van der Waals surface area contributed by atoms with E-state index in [2.05, 4.69) is 79.0 Å². The van der Waals surface area contributed by atoms with E-state index in [1.807, 2.05) is 6.92 Å². The molecule has 0 bridgehead atoms. The lowest BCUT2D eigenvalue weighted by atomic mass is 9.41. The fourth-order valence-electron chi connectivity index (χ4n) is 7.79. The summed E-state index contributed by atoms with van der Waals surface area (Å²) in [4.78, 5) is 0. The lowest BCUT2D eigenvalue weighted by Gasteiger charge is -2.62. The average molecular weight is 423 g/mol. The molecule has 0 spiro atoms. The molecule has 3 aliphatic rings. The van der Waals surface area contributed by atoms with E-state index in [0.717, 1.165) is 24.8 Å². The van der Waals surface area contributed by atoms with Crippen molar-refractivity contribution in [3.63, 3.8) is 0 Å². The maximum absolute atomic E-state index is 4.72. The number of hydrogen-bond acceptors (Lipinski definition) is 0. The Morgan fingerprint density at radius 3 is 2.28 bits per heavy atom. The molecule has 166 valence electrons. The van der Waals surface area contributed by atoms with Crippen LogP contribution in [0.3, 0.4) is 0 Å². The summed E-state index contributed by atoms with van der Waals surface area (Å²) in [6, 6.07) is 4.41. The van der Waals surface area contributed by atoms with Crippen molar-refractivity contribution in [2.75, 3.05) is 0 Å². The van der Waals surface area contributed by atoms with E-state index in [9.17, 15) is 0 Å². The lowest BCUT2D eigenvalue weighted by Crippen LogP contribution is -2.52. The van der Waals surface area contributed by atoms with E-state index in [4.69, 9.17) is 13.2 Å². The summed E-state index contributed by atoms with van der Waals surface area (Å²) in [6.07, 6.45) is 3.22. The summed E-state index contributed by atoms with van der Waals surface area (Å²) < 4.78 is 0. The van der Waals surface area contributed by atoms with Crippen LogP contribution in [0.15, 0.2) is 65.3 Å². The maximum Gasteiger partial charge on any atom is 0.0283 e. The molecular weight excluding hydrogens is 384 g/mol. The fourth-order valence-corrected chi connectivity index (χ4v) is 7.79. The predicted octanol–water partition coefficient (Wildman–Crippen LogP) is 8.53. The fraction of sp³-hybridized carbons (Fsp3) is 0.438. The topological polar surface area (TPSA) is 0 Å². The van der Waals surface area contributed by atoms with Crippen LogP contribution in [0.25, 0.3) is 5.57 Å². The molecule has 0 unspecified atom stereocenters. The molecule has 4 rings (SSSR count). The number of hydrogen-bond donors (Lipinski definition) is 0. The first-order valence-electron chi connectivity index (χ1n) is 11.8. The van der Waals surface area contributed by atoms with E-state index < -0.39 is 0 Å². The molecule has 1 aromatic rings. The maximum atomic E-state index is 4.72. The second kappa shape index (κ2) is 6.99. The molecule has 1 aromatic carbocycles. The molecule has 3 aliphatic carbocycles. The van der Waals surface area contributed by atoms with E-state index in [-0.39, 0.29) is 16.2 Å². The van der Waals surface area contributed by atoms with Crippen LogP contribution >= 0.6 is 0 Å². The minimum Gasteiger partial charge on any atom is -0.101 e. The number of allylic oxidation sites excluding steroid dienone is 7. The van der Waals surface area contributed by atoms with Crippen molar-refractivity contribution >= 4 is 5.57 Å². The summed E-state index contributed by atoms with van der Waals surface area (Å²) in [7, 11) is 0. The Morgan fingerprint density at radius 2 is 1.69 bits per heavy atom. The quantitative estimate of drug-likeness (QED) is 0.398. The highest BCUT2D eigenvalue weighted by Gasteiger charge is 2.59. The molecule has 0 saturated heterocycles. The summed E-state index contributed by atoms with van der Waals surface area (Å²) in [5, 5.41) is 0. The number of benzene rings is 1. The van der Waals surface area contributed by atoms with Crippen LogP contribution in [-0.4, -0.2) is 0 Å². The van der Waals surface area contributed by atoms with Gasteiger partial charge in [-0.3, -0.25) is 0 Å². The van der Waals surface area contributed by atoms with Gasteiger partial charge in [0.2, 0.25) is 0 Å². The van der Waals surface area contributed by atoms with Crippen LogP contribution in [0.4, 0.5) is 0 Å². The van der Waals surface area contributed by atoms with Crippen LogP contribution in [0.2, 0.25) is 0 Å². The van der Waals surface area contributed by atoms with Gasteiger partial charge in [0, 0.05) is 11.0 Å². The van der Waals surface area contributed by atoms with E-state index >= 15 is 0 Å². The van der Waals surface area contributed by atoms with Crippen LogP contribution in [0.1, 0.15) is 83.6 Å². The van der Waals surface area contributed by atoms with Crippen LogP contribution in [0.5, 0.6) is 0 Å². The van der Waals surface area contributed by atoms with Gasteiger partial charge < -0.3 is 0 Å². The standard InChI is InChI=1S/C32H38/c1-12-13-25-15-14-20(4)28-22(6)29-24(8)32(11)23(7)27(19(2)3)21(5)16-31(32,10)18-30(29,9)17-26(25)28/h14-15H,2,6-7,16-18H2,1,3-5,8-11H3/t30-,31+,32-/m1/s1. The highest BCUT2D eigenvalue weighted by molar-refractivity contribution is 5.87. The van der Waals surface area contributed by atoms with Crippen molar-refractivity contribution < 1.29 is 0 Å². The largest absolute Gasteiger partial charge is 0.101 e. The molecule has 0 aromatic heterocycles. The van der Waals surface area contributed by atoms with Crippen molar-refractivity contribution in [2.24, 2.45) is 16.2 Å². The molecule has 0 amide bonds. The normalized spacial score (nSPS) is 31.5. The van der Waals surface area contributed by atoms with Gasteiger partial charge in [-0.2, -0.15) is 0 Å². The Balaban J connectivity index is 2.03. The van der Waals surface area contributed by atoms with Gasteiger partial charge in [-0.15, -0.1) is 5.92 Å². The first kappa shape index (κ1) is 22.7. The van der Waals surface area contributed by atoms with Gasteiger partial charge >= 0.3 is 0 Å². The molecule has 3 atom stereocenters. The molecule has 0 aliphatic heterocycles. The molecule has 0 heterocycles. The molecule has 0 heteroatoms. The van der Waals surface area contributed by atoms with Crippen molar-refractivity contribution in [3.8, 4) is 11.8 Å². The number of aryl methyl sites for hydroxylation is 1. The highest BCUT2D eigenvalue weighted by atomic mass is 14.6. The van der Waals surface area contributed by atoms with Gasteiger partial charge in [-0.1, -0.05) is 69.2 Å². The molecule has 32 heavy (non-hydrogen) atoms. The summed E-state index contributed by atoms with van der Waals surface area (Å²) in [5.41, 5.74) is 14.4. The van der Waals surface area contributed by atoms with Crippen LogP contribution < -0.4 is 0 Å². The third kappa shape index (κ3) is 2.70. The predicted molar refractivity (Wildman–Crippen MR) is 139 cm³/mol. The van der Waals surface area contributed by atoms with E-state index in [1.165, 1.54) is 55.7 Å². The smallest absolute Gasteiger partial charge is 0.0283 e. The van der Waals surface area contributed by atoms with E-state index in [0.29, 0.717) is 0 Å². The molecule has 0 fully saturated rings. The van der Waals surface area contributed by atoms with Crippen molar-refractivity contribution in [3.05, 3.63) is 87.6 Å². The van der Waals surface area contributed by atoms with Gasteiger partial charge in [0.05, 0.1) is 0 Å². The minimum atomic E-state index is -0.106. The van der Waals surface area contributed by atoms with Gasteiger partial charge in [0.1, 0.15) is 0 Å². The Bertz CT molecular complexity index is 1230. The first-order valence-corrected chi connectivity index (χ1v) is 11.8.